The molecule has 0 saturated heterocycles. The second-order valence-electron chi connectivity index (χ2n) is 8.42. The highest BCUT2D eigenvalue weighted by molar-refractivity contribution is 7.98. The second kappa shape index (κ2) is 14.9. The summed E-state index contributed by atoms with van der Waals surface area (Å²) >= 11 is 3.46. The van der Waals surface area contributed by atoms with Crippen molar-refractivity contribution in [3.63, 3.8) is 0 Å². The predicted molar refractivity (Wildman–Crippen MR) is 164 cm³/mol. The maximum Gasteiger partial charge on any atom is 0.142 e. The number of ether oxygens (including phenoxy) is 1. The molecule has 5 heteroatoms. The molecule has 0 N–H and O–H groups in total. The normalized spacial score (nSPS) is 11.8. The number of oxime groups is 1. The quantitative estimate of drug-likeness (QED) is 0.102. The molecule has 0 aromatic heterocycles. The summed E-state index contributed by atoms with van der Waals surface area (Å²) in [4.78, 5) is 8.19. The topological polar surface area (TPSA) is 30.8 Å². The van der Waals surface area contributed by atoms with Gasteiger partial charge in [-0.2, -0.15) is 0 Å². The fraction of sp³-hybridized carbons (Fsp3) is 0.121. The Kier molecular flexibility index (Phi) is 10.7. The minimum Gasteiger partial charge on any atom is -0.489 e. The standard InChI is InChI=1S/C33H31NO2S2/c1-37-32-20-12-27(13-21-32)9-17-30(34-36-25-29-14-22-33(38-2)23-15-29)16-8-26-10-18-31(19-11-26)35-24-28-6-4-3-5-7-28/h3-23H,24-25H2,1-2H3/b16-8+,17-9+,34-30-. The molecule has 0 heterocycles. The summed E-state index contributed by atoms with van der Waals surface area (Å²) in [5.41, 5.74) is 5.11. The molecule has 0 atom stereocenters. The van der Waals surface area contributed by atoms with E-state index in [1.165, 1.54) is 9.79 Å². The third-order valence-corrected chi connectivity index (χ3v) is 7.18. The Morgan fingerprint density at radius 2 is 1.16 bits per heavy atom. The van der Waals surface area contributed by atoms with Gasteiger partial charge in [0, 0.05) is 9.79 Å². The van der Waals surface area contributed by atoms with E-state index in [0.717, 1.165) is 33.7 Å². The molecule has 0 aliphatic heterocycles. The van der Waals surface area contributed by atoms with E-state index < -0.39 is 0 Å². The van der Waals surface area contributed by atoms with E-state index in [4.69, 9.17) is 9.57 Å². The van der Waals surface area contributed by atoms with Crippen molar-refractivity contribution < 1.29 is 9.57 Å². The summed E-state index contributed by atoms with van der Waals surface area (Å²) in [6, 6.07) is 35.0. The number of thioether (sulfide) groups is 2. The van der Waals surface area contributed by atoms with Crippen molar-refractivity contribution in [2.45, 2.75) is 23.0 Å². The molecule has 4 rings (SSSR count). The molecule has 0 radical (unpaired) electrons. The zero-order chi connectivity index (χ0) is 26.4. The molecule has 192 valence electrons. The van der Waals surface area contributed by atoms with Gasteiger partial charge in [-0.1, -0.05) is 84.0 Å². The summed E-state index contributed by atoms with van der Waals surface area (Å²) < 4.78 is 5.90. The first kappa shape index (κ1) is 27.4. The van der Waals surface area contributed by atoms with Gasteiger partial charge in [0.25, 0.3) is 0 Å². The van der Waals surface area contributed by atoms with Crippen LogP contribution in [0.3, 0.4) is 0 Å². The van der Waals surface area contributed by atoms with Crippen LogP contribution in [0.15, 0.2) is 130 Å². The molecule has 0 unspecified atom stereocenters. The lowest BCUT2D eigenvalue weighted by Crippen LogP contribution is -1.95. The Hall–Kier alpha value is -3.67. The van der Waals surface area contributed by atoms with Gasteiger partial charge in [-0.15, -0.1) is 23.5 Å². The smallest absolute Gasteiger partial charge is 0.142 e. The van der Waals surface area contributed by atoms with Crippen LogP contribution in [0.5, 0.6) is 5.75 Å². The van der Waals surface area contributed by atoms with Crippen LogP contribution in [0.2, 0.25) is 0 Å². The third-order valence-electron chi connectivity index (χ3n) is 5.70. The predicted octanol–water partition coefficient (Wildman–Crippen LogP) is 9.01. The Morgan fingerprint density at radius 3 is 1.74 bits per heavy atom. The van der Waals surface area contributed by atoms with Crippen LogP contribution in [0.25, 0.3) is 12.2 Å². The van der Waals surface area contributed by atoms with E-state index >= 15 is 0 Å². The lowest BCUT2D eigenvalue weighted by molar-refractivity contribution is 0.131. The van der Waals surface area contributed by atoms with Crippen LogP contribution < -0.4 is 4.74 Å². The van der Waals surface area contributed by atoms with Gasteiger partial charge in [-0.3, -0.25) is 0 Å². The summed E-state index contributed by atoms with van der Waals surface area (Å²) in [5, 5.41) is 4.42. The molecule has 0 spiro atoms. The maximum atomic E-state index is 5.90. The van der Waals surface area contributed by atoms with Crippen molar-refractivity contribution in [3.05, 3.63) is 138 Å². The zero-order valence-corrected chi connectivity index (χ0v) is 23.3. The van der Waals surface area contributed by atoms with E-state index in [2.05, 4.69) is 78.3 Å². The Labute approximate surface area is 234 Å². The van der Waals surface area contributed by atoms with Crippen molar-refractivity contribution in [2.24, 2.45) is 5.16 Å². The van der Waals surface area contributed by atoms with Gasteiger partial charge < -0.3 is 9.57 Å². The highest BCUT2D eigenvalue weighted by atomic mass is 32.2. The van der Waals surface area contributed by atoms with Crippen LogP contribution in [0.4, 0.5) is 0 Å². The zero-order valence-electron chi connectivity index (χ0n) is 21.6. The maximum absolute atomic E-state index is 5.90. The van der Waals surface area contributed by atoms with Gasteiger partial charge in [0.15, 0.2) is 0 Å². The van der Waals surface area contributed by atoms with Gasteiger partial charge >= 0.3 is 0 Å². The van der Waals surface area contributed by atoms with Crippen LogP contribution in [0, 0.1) is 0 Å². The van der Waals surface area contributed by atoms with Crippen molar-refractivity contribution in [1.82, 2.24) is 0 Å². The number of rotatable bonds is 12. The molecule has 0 saturated carbocycles. The second-order valence-corrected chi connectivity index (χ2v) is 10.2. The lowest BCUT2D eigenvalue weighted by Gasteiger charge is -2.06. The number of benzene rings is 4. The Balaban J connectivity index is 1.42. The SMILES string of the molecule is CSc1ccc(/C=C/C(/C=C/c2ccc(OCc3ccccc3)cc2)=N\OCc2ccc(SC)cc2)cc1. The fourth-order valence-electron chi connectivity index (χ4n) is 3.51. The van der Waals surface area contributed by atoms with Crippen LogP contribution in [-0.2, 0) is 18.1 Å². The molecular weight excluding hydrogens is 507 g/mol. The number of nitrogens with zero attached hydrogens (tertiary/aromatic N) is 1. The molecule has 4 aromatic rings. The number of hydrogen-bond acceptors (Lipinski definition) is 5. The molecule has 0 bridgehead atoms. The minimum atomic E-state index is 0.412. The highest BCUT2D eigenvalue weighted by Gasteiger charge is 1.99. The summed E-state index contributed by atoms with van der Waals surface area (Å²) in [6.45, 7) is 0.961. The molecule has 3 nitrogen and oxygen atoms in total. The van der Waals surface area contributed by atoms with Crippen molar-refractivity contribution in [3.8, 4) is 5.75 Å². The third kappa shape index (κ3) is 9.02. The van der Waals surface area contributed by atoms with Gasteiger partial charge in [-0.05, 0) is 83.3 Å². The van der Waals surface area contributed by atoms with Gasteiger partial charge in [0.1, 0.15) is 24.7 Å². The first-order chi connectivity index (χ1) is 18.7. The minimum absolute atomic E-state index is 0.412. The summed E-state index contributed by atoms with van der Waals surface area (Å²) in [7, 11) is 0. The summed E-state index contributed by atoms with van der Waals surface area (Å²) in [6.07, 6.45) is 12.2. The van der Waals surface area contributed by atoms with Crippen LogP contribution >= 0.6 is 23.5 Å². The molecule has 0 aliphatic carbocycles. The van der Waals surface area contributed by atoms with E-state index in [9.17, 15) is 0 Å². The molecule has 0 amide bonds. The van der Waals surface area contributed by atoms with E-state index in [1.54, 1.807) is 23.5 Å². The molecule has 4 aromatic carbocycles. The Bertz CT molecular complexity index is 1350. The highest BCUT2D eigenvalue weighted by Crippen LogP contribution is 2.18. The average molecular weight is 538 g/mol. The first-order valence-corrected chi connectivity index (χ1v) is 14.8. The molecule has 38 heavy (non-hydrogen) atoms. The van der Waals surface area contributed by atoms with E-state index in [0.29, 0.717) is 13.2 Å². The molecular formula is C33H31NO2S2. The fourth-order valence-corrected chi connectivity index (χ4v) is 4.33. The van der Waals surface area contributed by atoms with Crippen molar-refractivity contribution in [1.29, 1.82) is 0 Å². The lowest BCUT2D eigenvalue weighted by atomic mass is 10.1. The first-order valence-electron chi connectivity index (χ1n) is 12.3. The van der Waals surface area contributed by atoms with Crippen LogP contribution in [-0.4, -0.2) is 18.2 Å². The van der Waals surface area contributed by atoms with Gasteiger partial charge in [-0.25, -0.2) is 0 Å². The average Bonchev–Trinajstić information content (AvgIpc) is 2.99. The van der Waals surface area contributed by atoms with Gasteiger partial charge in [0.05, 0.1) is 0 Å². The Morgan fingerprint density at radius 1 is 0.632 bits per heavy atom. The largest absolute Gasteiger partial charge is 0.489 e. The van der Waals surface area contributed by atoms with E-state index in [-0.39, 0.29) is 0 Å². The van der Waals surface area contributed by atoms with Gasteiger partial charge in [0.2, 0.25) is 0 Å². The van der Waals surface area contributed by atoms with E-state index in [1.807, 2.05) is 66.8 Å². The molecule has 0 fully saturated rings. The van der Waals surface area contributed by atoms with Crippen LogP contribution in [0.1, 0.15) is 22.3 Å². The van der Waals surface area contributed by atoms with Crippen molar-refractivity contribution >= 4 is 41.4 Å². The van der Waals surface area contributed by atoms with Crippen molar-refractivity contribution in [2.75, 3.05) is 12.5 Å². The molecule has 0 aliphatic rings. The number of hydrogen-bond donors (Lipinski definition) is 0. The monoisotopic (exact) mass is 537 g/mol. The summed E-state index contributed by atoms with van der Waals surface area (Å²) in [5.74, 6) is 0.837. The number of allylic oxidation sites excluding steroid dienone is 2.